The monoisotopic (exact) mass is 294 g/mol. The minimum Gasteiger partial charge on any atom is -0.310 e. The molecule has 0 atom stereocenters. The average molecular weight is 295 g/mol. The van der Waals surface area contributed by atoms with E-state index in [0.717, 1.165) is 0 Å². The maximum Gasteiger partial charge on any atom is 0.278 e. The smallest absolute Gasteiger partial charge is 0.278 e. The number of benzene rings is 1. The van der Waals surface area contributed by atoms with E-state index in [1.807, 2.05) is 0 Å². The van der Waals surface area contributed by atoms with Crippen LogP contribution < -0.4 is 16.2 Å². The molecule has 7 heteroatoms. The van der Waals surface area contributed by atoms with Crippen molar-refractivity contribution in [3.8, 4) is 0 Å². The second-order valence-corrected chi connectivity index (χ2v) is 4.42. The SMILES string of the molecule is CN(C(=O)c1nc(NN)ccc1Cl)c1cccc(F)c1. The first-order valence-electron chi connectivity index (χ1n) is 5.69. The minimum atomic E-state index is -0.460. The zero-order valence-electron chi connectivity index (χ0n) is 10.6. The molecule has 0 fully saturated rings. The Balaban J connectivity index is 2.36. The largest absolute Gasteiger partial charge is 0.310 e. The Labute approximate surface area is 120 Å². The van der Waals surface area contributed by atoms with Gasteiger partial charge in [-0.1, -0.05) is 17.7 Å². The van der Waals surface area contributed by atoms with Crippen molar-refractivity contribution in [3.05, 3.63) is 52.9 Å². The van der Waals surface area contributed by atoms with Gasteiger partial charge in [0, 0.05) is 12.7 Å². The predicted octanol–water partition coefficient (Wildman–Crippen LogP) is 2.44. The fourth-order valence-electron chi connectivity index (χ4n) is 1.63. The molecule has 1 heterocycles. The van der Waals surface area contributed by atoms with Gasteiger partial charge in [0.2, 0.25) is 0 Å². The molecule has 0 spiro atoms. The standard InChI is InChI=1S/C13H12ClFN4O/c1-19(9-4-2-3-8(15)7-9)13(20)12-10(14)5-6-11(17-12)18-16/h2-7H,16H2,1H3,(H,17,18). The molecule has 1 aromatic carbocycles. The summed E-state index contributed by atoms with van der Waals surface area (Å²) < 4.78 is 13.2. The van der Waals surface area contributed by atoms with Gasteiger partial charge >= 0.3 is 0 Å². The Morgan fingerprint density at radius 2 is 2.15 bits per heavy atom. The fourth-order valence-corrected chi connectivity index (χ4v) is 1.82. The van der Waals surface area contributed by atoms with Crippen molar-refractivity contribution in [1.29, 1.82) is 0 Å². The molecule has 0 aliphatic carbocycles. The number of carbonyl (C=O) groups is 1. The first-order chi connectivity index (χ1) is 9.52. The zero-order valence-corrected chi connectivity index (χ0v) is 11.4. The molecular weight excluding hydrogens is 283 g/mol. The molecule has 0 aliphatic heterocycles. The van der Waals surface area contributed by atoms with E-state index in [1.165, 1.54) is 36.2 Å². The average Bonchev–Trinajstić information content (AvgIpc) is 2.46. The quantitative estimate of drug-likeness (QED) is 0.674. The Kier molecular flexibility index (Phi) is 4.16. The van der Waals surface area contributed by atoms with Crippen molar-refractivity contribution in [1.82, 2.24) is 4.98 Å². The molecule has 2 rings (SSSR count). The molecule has 1 aromatic heterocycles. The molecule has 1 amide bonds. The van der Waals surface area contributed by atoms with Crippen LogP contribution in [0.1, 0.15) is 10.5 Å². The number of carbonyl (C=O) groups excluding carboxylic acids is 1. The van der Waals surface area contributed by atoms with E-state index >= 15 is 0 Å². The van der Waals surface area contributed by atoms with Crippen LogP contribution >= 0.6 is 11.6 Å². The number of nitrogens with zero attached hydrogens (tertiary/aromatic N) is 2. The van der Waals surface area contributed by atoms with Gasteiger partial charge in [-0.2, -0.15) is 0 Å². The van der Waals surface area contributed by atoms with Gasteiger partial charge in [-0.3, -0.25) is 4.79 Å². The molecule has 104 valence electrons. The van der Waals surface area contributed by atoms with Crippen molar-refractivity contribution < 1.29 is 9.18 Å². The van der Waals surface area contributed by atoms with Crippen LogP contribution in [0.4, 0.5) is 15.9 Å². The number of aromatic nitrogens is 1. The van der Waals surface area contributed by atoms with E-state index in [4.69, 9.17) is 17.4 Å². The van der Waals surface area contributed by atoms with Gasteiger partial charge in [-0.05, 0) is 30.3 Å². The van der Waals surface area contributed by atoms with Crippen molar-refractivity contribution >= 4 is 29.0 Å². The number of hydrogen-bond acceptors (Lipinski definition) is 4. The van der Waals surface area contributed by atoms with E-state index in [9.17, 15) is 9.18 Å². The molecule has 5 nitrogen and oxygen atoms in total. The lowest BCUT2D eigenvalue weighted by atomic mass is 10.2. The van der Waals surface area contributed by atoms with Crippen LogP contribution in [0.5, 0.6) is 0 Å². The summed E-state index contributed by atoms with van der Waals surface area (Å²) in [5.74, 6) is 4.66. The number of nitrogens with one attached hydrogen (secondary N) is 1. The molecule has 0 saturated carbocycles. The first-order valence-corrected chi connectivity index (χ1v) is 6.07. The van der Waals surface area contributed by atoms with Crippen LogP contribution in [-0.4, -0.2) is 17.9 Å². The highest BCUT2D eigenvalue weighted by atomic mass is 35.5. The maximum absolute atomic E-state index is 13.2. The Hall–Kier alpha value is -2.18. The van der Waals surface area contributed by atoms with Crippen molar-refractivity contribution in [2.75, 3.05) is 17.4 Å². The van der Waals surface area contributed by atoms with Crippen molar-refractivity contribution in [3.63, 3.8) is 0 Å². The Morgan fingerprint density at radius 3 is 2.80 bits per heavy atom. The molecule has 0 aliphatic rings. The second kappa shape index (κ2) is 5.85. The summed E-state index contributed by atoms with van der Waals surface area (Å²) in [5.41, 5.74) is 2.77. The van der Waals surface area contributed by atoms with Gasteiger partial charge in [-0.15, -0.1) is 0 Å². The fraction of sp³-hybridized carbons (Fsp3) is 0.0769. The number of amides is 1. The van der Waals surface area contributed by atoms with Crippen LogP contribution in [0.15, 0.2) is 36.4 Å². The molecule has 0 radical (unpaired) electrons. The van der Waals surface area contributed by atoms with Crippen LogP contribution in [0.25, 0.3) is 0 Å². The summed E-state index contributed by atoms with van der Waals surface area (Å²) >= 11 is 5.96. The lowest BCUT2D eigenvalue weighted by Gasteiger charge is -2.17. The van der Waals surface area contributed by atoms with Crippen LogP contribution in [-0.2, 0) is 0 Å². The second-order valence-electron chi connectivity index (χ2n) is 4.02. The highest BCUT2D eigenvalue weighted by Crippen LogP contribution is 2.21. The Bertz CT molecular complexity index is 650. The van der Waals surface area contributed by atoms with Gasteiger partial charge < -0.3 is 10.3 Å². The number of hydrogen-bond donors (Lipinski definition) is 2. The molecular formula is C13H12ClFN4O. The summed E-state index contributed by atoms with van der Waals surface area (Å²) in [4.78, 5) is 17.6. The number of nitrogen functional groups attached to an aromatic ring is 1. The highest BCUT2D eigenvalue weighted by Gasteiger charge is 2.19. The van der Waals surface area contributed by atoms with E-state index in [2.05, 4.69) is 10.4 Å². The molecule has 3 N–H and O–H groups in total. The summed E-state index contributed by atoms with van der Waals surface area (Å²) in [7, 11) is 1.51. The third kappa shape index (κ3) is 2.87. The molecule has 0 saturated heterocycles. The summed E-state index contributed by atoms with van der Waals surface area (Å²) in [5, 5.41) is 0.192. The van der Waals surface area contributed by atoms with Gasteiger partial charge in [0.25, 0.3) is 5.91 Å². The van der Waals surface area contributed by atoms with Gasteiger partial charge in [0.15, 0.2) is 0 Å². The number of anilines is 2. The van der Waals surface area contributed by atoms with Crippen LogP contribution in [0.2, 0.25) is 5.02 Å². The predicted molar refractivity (Wildman–Crippen MR) is 76.2 cm³/mol. The summed E-state index contributed by atoms with van der Waals surface area (Å²) in [6.45, 7) is 0. The number of rotatable bonds is 3. The molecule has 0 unspecified atom stereocenters. The van der Waals surface area contributed by atoms with E-state index < -0.39 is 11.7 Å². The zero-order chi connectivity index (χ0) is 14.7. The third-order valence-corrected chi connectivity index (χ3v) is 3.00. The molecule has 0 bridgehead atoms. The number of hydrazine groups is 1. The van der Waals surface area contributed by atoms with E-state index in [0.29, 0.717) is 11.5 Å². The normalized spacial score (nSPS) is 10.2. The topological polar surface area (TPSA) is 71.2 Å². The van der Waals surface area contributed by atoms with Crippen molar-refractivity contribution in [2.24, 2.45) is 5.84 Å². The van der Waals surface area contributed by atoms with Gasteiger partial charge in [0.05, 0.1) is 5.02 Å². The lowest BCUT2D eigenvalue weighted by Crippen LogP contribution is -2.28. The Morgan fingerprint density at radius 1 is 1.40 bits per heavy atom. The maximum atomic E-state index is 13.2. The van der Waals surface area contributed by atoms with Crippen LogP contribution in [0.3, 0.4) is 0 Å². The number of nitrogens with two attached hydrogens (primary N) is 1. The summed E-state index contributed by atoms with van der Waals surface area (Å²) in [6.07, 6.45) is 0. The van der Waals surface area contributed by atoms with Crippen molar-refractivity contribution in [2.45, 2.75) is 0 Å². The minimum absolute atomic E-state index is 0.0360. The van der Waals surface area contributed by atoms with E-state index in [-0.39, 0.29) is 10.7 Å². The lowest BCUT2D eigenvalue weighted by molar-refractivity contribution is 0.0988. The third-order valence-electron chi connectivity index (χ3n) is 2.70. The van der Waals surface area contributed by atoms with Gasteiger partial charge in [-0.25, -0.2) is 15.2 Å². The number of halogens is 2. The molecule has 20 heavy (non-hydrogen) atoms. The summed E-state index contributed by atoms with van der Waals surface area (Å²) in [6, 6.07) is 8.72. The van der Waals surface area contributed by atoms with E-state index in [1.54, 1.807) is 12.1 Å². The van der Waals surface area contributed by atoms with Crippen LogP contribution in [0, 0.1) is 5.82 Å². The molecule has 2 aromatic rings. The first kappa shape index (κ1) is 14.2. The number of pyridine rings is 1. The highest BCUT2D eigenvalue weighted by molar-refractivity contribution is 6.34. The van der Waals surface area contributed by atoms with Gasteiger partial charge in [0.1, 0.15) is 17.3 Å².